The van der Waals surface area contributed by atoms with Crippen LogP contribution in [0.15, 0.2) is 38.0 Å². The van der Waals surface area contributed by atoms with Gasteiger partial charge in [0, 0.05) is 19.6 Å². The van der Waals surface area contributed by atoms with Crippen molar-refractivity contribution in [3.8, 4) is 0 Å². The first kappa shape index (κ1) is 12.8. The van der Waals surface area contributed by atoms with E-state index in [9.17, 15) is 0 Å². The van der Waals surface area contributed by atoms with Crippen LogP contribution in [0.1, 0.15) is 0 Å². The molecule has 0 saturated carbocycles. The van der Waals surface area contributed by atoms with E-state index < -0.39 is 0 Å². The molecule has 0 fully saturated rings. The third-order valence-electron chi connectivity index (χ3n) is 1.16. The van der Waals surface area contributed by atoms with Gasteiger partial charge in [-0.1, -0.05) is 25.7 Å². The van der Waals surface area contributed by atoms with Gasteiger partial charge < -0.3 is 0 Å². The van der Waals surface area contributed by atoms with Crippen molar-refractivity contribution in [2.75, 3.05) is 19.6 Å². The van der Waals surface area contributed by atoms with Gasteiger partial charge in [-0.25, -0.2) is 0 Å². The smallest absolute Gasteiger partial charge is 0.0167 e. The summed E-state index contributed by atoms with van der Waals surface area (Å²) in [5, 5.41) is 0. The van der Waals surface area contributed by atoms with E-state index in [0.717, 1.165) is 19.6 Å². The molecule has 0 aliphatic heterocycles. The summed E-state index contributed by atoms with van der Waals surface area (Å²) in [6.07, 6.45) is 5.65. The molecule has 0 aliphatic rings. The van der Waals surface area contributed by atoms with Crippen LogP contribution in [0.5, 0.6) is 0 Å². The summed E-state index contributed by atoms with van der Waals surface area (Å²) in [6, 6.07) is 0. The van der Waals surface area contributed by atoms with Crippen molar-refractivity contribution in [3.05, 3.63) is 45.4 Å². The molecule has 0 spiro atoms. The Labute approximate surface area is 70.7 Å². The minimum absolute atomic E-state index is 0. The second-order valence-corrected chi connectivity index (χ2v) is 2.08. The van der Waals surface area contributed by atoms with E-state index in [-0.39, 0.29) is 7.43 Å². The number of rotatable bonds is 6. The monoisotopic (exact) mass is 152 g/mol. The van der Waals surface area contributed by atoms with Gasteiger partial charge in [0.2, 0.25) is 0 Å². The number of hydrogen-bond acceptors (Lipinski definition) is 1. The molecule has 1 radical (unpaired) electrons. The molecule has 1 nitrogen and oxygen atoms in total. The Morgan fingerprint density at radius 3 is 1.27 bits per heavy atom. The highest BCUT2D eigenvalue weighted by atomic mass is 15.1. The average Bonchev–Trinajstić information content (AvgIpc) is 1.90. The van der Waals surface area contributed by atoms with Crippen LogP contribution in [-0.4, -0.2) is 24.5 Å². The summed E-state index contributed by atoms with van der Waals surface area (Å²) in [5.41, 5.74) is 0. The molecule has 0 aromatic heterocycles. The van der Waals surface area contributed by atoms with Crippen molar-refractivity contribution < 1.29 is 0 Å². The molecule has 0 aromatic carbocycles. The minimum atomic E-state index is 0. The molecule has 0 unspecified atom stereocenters. The quantitative estimate of drug-likeness (QED) is 0.528. The molecule has 0 aromatic rings. The summed E-state index contributed by atoms with van der Waals surface area (Å²) in [7, 11) is 0. The molecule has 0 amide bonds. The molecule has 0 heterocycles. The van der Waals surface area contributed by atoms with Crippen molar-refractivity contribution >= 4 is 0 Å². The van der Waals surface area contributed by atoms with Crippen LogP contribution in [0.4, 0.5) is 0 Å². The Hall–Kier alpha value is -0.820. The zero-order valence-corrected chi connectivity index (χ0v) is 7.42. The average molecular weight is 152 g/mol. The van der Waals surface area contributed by atoms with E-state index in [1.165, 1.54) is 0 Å². The third-order valence-corrected chi connectivity index (χ3v) is 1.16. The molecular weight excluding hydrogens is 134 g/mol. The first-order valence-electron chi connectivity index (χ1n) is 3.40. The second-order valence-electron chi connectivity index (χ2n) is 2.08. The maximum absolute atomic E-state index is 3.65. The number of nitrogens with zero attached hydrogens (tertiary/aromatic N) is 1. The molecule has 0 atom stereocenters. The highest BCUT2D eigenvalue weighted by Crippen LogP contribution is 1.88. The molecule has 0 N–H and O–H groups in total. The Balaban J connectivity index is 0. The Kier molecular flexibility index (Phi) is 10.7. The summed E-state index contributed by atoms with van der Waals surface area (Å²) in [5.74, 6) is 0. The summed E-state index contributed by atoms with van der Waals surface area (Å²) in [4.78, 5) is 2.19. The van der Waals surface area contributed by atoms with Gasteiger partial charge in [0.05, 0.1) is 0 Å². The van der Waals surface area contributed by atoms with Crippen LogP contribution >= 0.6 is 0 Å². The van der Waals surface area contributed by atoms with Gasteiger partial charge in [0.15, 0.2) is 0 Å². The van der Waals surface area contributed by atoms with Gasteiger partial charge in [0.25, 0.3) is 0 Å². The van der Waals surface area contributed by atoms with E-state index in [0.29, 0.717) is 0 Å². The maximum atomic E-state index is 3.65. The number of hydrogen-bond donors (Lipinski definition) is 0. The summed E-state index contributed by atoms with van der Waals surface area (Å²) < 4.78 is 0. The Morgan fingerprint density at radius 2 is 1.09 bits per heavy atom. The molecule has 11 heavy (non-hydrogen) atoms. The van der Waals surface area contributed by atoms with Crippen molar-refractivity contribution in [2.24, 2.45) is 0 Å². The normalized spacial score (nSPS) is 8.45. The van der Waals surface area contributed by atoms with Crippen molar-refractivity contribution in [1.29, 1.82) is 0 Å². The Bertz CT molecular complexity index is 92.3. The SMILES string of the molecule is C=CCN(CC=C)CC=C.[CH3]. The van der Waals surface area contributed by atoms with Crippen LogP contribution < -0.4 is 0 Å². The predicted molar refractivity (Wildman–Crippen MR) is 53.4 cm³/mol. The zero-order chi connectivity index (χ0) is 7.82. The van der Waals surface area contributed by atoms with Crippen LogP contribution in [0.25, 0.3) is 0 Å². The second kappa shape index (κ2) is 9.18. The Morgan fingerprint density at radius 1 is 0.818 bits per heavy atom. The maximum Gasteiger partial charge on any atom is 0.0167 e. The van der Waals surface area contributed by atoms with Gasteiger partial charge in [-0.3, -0.25) is 4.90 Å². The van der Waals surface area contributed by atoms with E-state index in [4.69, 9.17) is 0 Å². The molecular formula is C10H18N. The third kappa shape index (κ3) is 7.07. The van der Waals surface area contributed by atoms with Crippen LogP contribution in [0.3, 0.4) is 0 Å². The van der Waals surface area contributed by atoms with Gasteiger partial charge in [0.1, 0.15) is 0 Å². The summed E-state index contributed by atoms with van der Waals surface area (Å²) >= 11 is 0. The lowest BCUT2D eigenvalue weighted by atomic mass is 10.4. The fourth-order valence-electron chi connectivity index (χ4n) is 0.771. The molecule has 0 rings (SSSR count). The molecule has 1 heteroatoms. The lowest BCUT2D eigenvalue weighted by Crippen LogP contribution is -2.23. The first-order valence-corrected chi connectivity index (χ1v) is 3.40. The first-order chi connectivity index (χ1) is 4.85. The van der Waals surface area contributed by atoms with Gasteiger partial charge >= 0.3 is 0 Å². The standard InChI is InChI=1S/C9H15N.CH3/c1-4-7-10(8-5-2)9-6-3;/h4-6H,1-3,7-9H2;1H3. The van der Waals surface area contributed by atoms with Crippen molar-refractivity contribution in [1.82, 2.24) is 4.90 Å². The fraction of sp³-hybridized carbons (Fsp3) is 0.300. The van der Waals surface area contributed by atoms with E-state index in [1.807, 2.05) is 18.2 Å². The van der Waals surface area contributed by atoms with Crippen molar-refractivity contribution in [2.45, 2.75) is 0 Å². The predicted octanol–water partition coefficient (Wildman–Crippen LogP) is 2.30. The van der Waals surface area contributed by atoms with E-state index in [1.54, 1.807) is 0 Å². The highest BCUT2D eigenvalue weighted by Gasteiger charge is 1.94. The van der Waals surface area contributed by atoms with Crippen LogP contribution in [0.2, 0.25) is 0 Å². The largest absolute Gasteiger partial charge is 0.292 e. The molecule has 0 bridgehead atoms. The minimum Gasteiger partial charge on any atom is -0.292 e. The lowest BCUT2D eigenvalue weighted by Gasteiger charge is -2.15. The highest BCUT2D eigenvalue weighted by molar-refractivity contribution is 4.83. The van der Waals surface area contributed by atoms with Crippen molar-refractivity contribution in [3.63, 3.8) is 0 Å². The lowest BCUT2D eigenvalue weighted by molar-refractivity contribution is 0.373. The van der Waals surface area contributed by atoms with Gasteiger partial charge in [-0.2, -0.15) is 0 Å². The molecule has 0 saturated heterocycles. The zero-order valence-electron chi connectivity index (χ0n) is 7.42. The van der Waals surface area contributed by atoms with Gasteiger partial charge in [-0.05, 0) is 0 Å². The summed E-state index contributed by atoms with van der Waals surface area (Å²) in [6.45, 7) is 13.7. The van der Waals surface area contributed by atoms with Gasteiger partial charge in [-0.15, -0.1) is 19.7 Å². The van der Waals surface area contributed by atoms with E-state index >= 15 is 0 Å². The van der Waals surface area contributed by atoms with Crippen LogP contribution in [0, 0.1) is 7.43 Å². The molecule has 0 aliphatic carbocycles. The topological polar surface area (TPSA) is 3.24 Å². The van der Waals surface area contributed by atoms with Crippen LogP contribution in [-0.2, 0) is 0 Å². The van der Waals surface area contributed by atoms with E-state index in [2.05, 4.69) is 24.6 Å². The fourth-order valence-corrected chi connectivity index (χ4v) is 0.771. The molecule has 63 valence electrons.